The van der Waals surface area contributed by atoms with Crippen LogP contribution in [0.5, 0.6) is 5.75 Å². The van der Waals surface area contributed by atoms with Gasteiger partial charge in [0.05, 0.1) is 31.7 Å². The maximum Gasteiger partial charge on any atom is 0.358 e. The van der Waals surface area contributed by atoms with Crippen LogP contribution in [0.3, 0.4) is 0 Å². The van der Waals surface area contributed by atoms with Gasteiger partial charge >= 0.3 is 5.97 Å². The second kappa shape index (κ2) is 10.4. The van der Waals surface area contributed by atoms with Crippen molar-refractivity contribution >= 4 is 25.2 Å². The standard InChI is InChI=1S/C26H39N3O4Si/c1-9-31-25(30)22-17-29(18-27-22)23(19(2)33-34(7,8)26(3,4)5)13-15-32-21-10-11-24-20(16-21)12-14-28(24)6/h10-12,14,16-19,23H,9,13,15H2,1-8H3/t19-,23+/m0/s1. The Hall–Kier alpha value is -2.58. The number of aryl methyl sites for hydroxylation is 1. The van der Waals surface area contributed by atoms with E-state index in [0.29, 0.717) is 25.3 Å². The molecule has 186 valence electrons. The van der Waals surface area contributed by atoms with E-state index in [0.717, 1.165) is 11.1 Å². The number of aromatic nitrogens is 3. The Kier molecular flexibility index (Phi) is 7.93. The number of ether oxygens (including phenoxy) is 2. The van der Waals surface area contributed by atoms with Gasteiger partial charge in [-0.2, -0.15) is 0 Å². The Labute approximate surface area is 204 Å². The van der Waals surface area contributed by atoms with Crippen LogP contribution in [0.2, 0.25) is 18.1 Å². The van der Waals surface area contributed by atoms with Gasteiger partial charge in [-0.25, -0.2) is 9.78 Å². The fraction of sp³-hybridized carbons (Fsp3) is 0.538. The first kappa shape index (κ1) is 26.0. The quantitative estimate of drug-likeness (QED) is 0.261. The van der Waals surface area contributed by atoms with Gasteiger partial charge in [-0.1, -0.05) is 20.8 Å². The molecule has 0 bridgehead atoms. The van der Waals surface area contributed by atoms with Crippen LogP contribution < -0.4 is 4.74 Å². The average Bonchev–Trinajstić information content (AvgIpc) is 3.37. The lowest BCUT2D eigenvalue weighted by Gasteiger charge is -2.40. The van der Waals surface area contributed by atoms with Crippen molar-refractivity contribution < 1.29 is 18.7 Å². The molecule has 0 amide bonds. The molecule has 2 aromatic heterocycles. The van der Waals surface area contributed by atoms with Crippen molar-refractivity contribution in [3.63, 3.8) is 0 Å². The maximum atomic E-state index is 12.2. The Bertz CT molecular complexity index is 1110. The lowest BCUT2D eigenvalue weighted by atomic mass is 10.1. The summed E-state index contributed by atoms with van der Waals surface area (Å²) in [5.41, 5.74) is 1.48. The molecule has 0 aliphatic rings. The van der Waals surface area contributed by atoms with Gasteiger partial charge in [0.25, 0.3) is 0 Å². The summed E-state index contributed by atoms with van der Waals surface area (Å²) in [7, 11) is 0.0434. The topological polar surface area (TPSA) is 67.5 Å². The number of hydrogen-bond acceptors (Lipinski definition) is 5. The number of carbonyl (C=O) groups is 1. The number of esters is 1. The van der Waals surface area contributed by atoms with E-state index < -0.39 is 14.3 Å². The lowest BCUT2D eigenvalue weighted by molar-refractivity contribution is 0.0519. The fourth-order valence-corrected chi connectivity index (χ4v) is 5.26. The minimum atomic E-state index is -1.99. The summed E-state index contributed by atoms with van der Waals surface area (Å²) in [6, 6.07) is 8.19. The highest BCUT2D eigenvalue weighted by atomic mass is 28.4. The Balaban J connectivity index is 1.76. The molecule has 1 aromatic carbocycles. The summed E-state index contributed by atoms with van der Waals surface area (Å²) in [5, 5.41) is 1.25. The predicted octanol–water partition coefficient (Wildman–Crippen LogP) is 5.97. The Morgan fingerprint density at radius 2 is 1.94 bits per heavy atom. The van der Waals surface area contributed by atoms with E-state index in [-0.39, 0.29) is 17.2 Å². The van der Waals surface area contributed by atoms with Crippen molar-refractivity contribution in [2.45, 2.75) is 71.3 Å². The van der Waals surface area contributed by atoms with Crippen molar-refractivity contribution in [1.29, 1.82) is 0 Å². The molecule has 3 aromatic rings. The molecule has 2 heterocycles. The zero-order chi connectivity index (χ0) is 25.1. The van der Waals surface area contributed by atoms with Crippen LogP contribution in [0.15, 0.2) is 43.0 Å². The van der Waals surface area contributed by atoms with Gasteiger partial charge in [-0.05, 0) is 56.2 Å². The average molecular weight is 486 g/mol. The molecule has 0 fully saturated rings. The van der Waals surface area contributed by atoms with E-state index >= 15 is 0 Å². The summed E-state index contributed by atoms with van der Waals surface area (Å²) in [4.78, 5) is 16.5. The zero-order valence-electron chi connectivity index (χ0n) is 21.8. The Morgan fingerprint density at radius 3 is 2.62 bits per heavy atom. The van der Waals surface area contributed by atoms with Crippen LogP contribution in [-0.4, -0.2) is 47.7 Å². The zero-order valence-corrected chi connectivity index (χ0v) is 22.8. The molecule has 2 atom stereocenters. The summed E-state index contributed by atoms with van der Waals surface area (Å²) in [6.07, 6.45) is 6.12. The van der Waals surface area contributed by atoms with Gasteiger partial charge in [-0.3, -0.25) is 0 Å². The monoisotopic (exact) mass is 485 g/mol. The summed E-state index contributed by atoms with van der Waals surface area (Å²) >= 11 is 0. The summed E-state index contributed by atoms with van der Waals surface area (Å²) < 4.78 is 22.0. The molecule has 8 heteroatoms. The van der Waals surface area contributed by atoms with E-state index in [1.807, 2.05) is 23.9 Å². The third-order valence-electron chi connectivity index (χ3n) is 6.84. The van der Waals surface area contributed by atoms with Gasteiger partial charge < -0.3 is 23.0 Å². The SMILES string of the molecule is CCOC(=O)c1cn([C@H](CCOc2ccc3c(ccn3C)c2)[C@H](C)O[Si](C)(C)C(C)(C)C)cn1. The van der Waals surface area contributed by atoms with Crippen LogP contribution in [0.1, 0.15) is 57.6 Å². The van der Waals surface area contributed by atoms with Gasteiger partial charge in [0.1, 0.15) is 5.75 Å². The van der Waals surface area contributed by atoms with Gasteiger partial charge in [0.15, 0.2) is 14.0 Å². The molecule has 0 aliphatic carbocycles. The largest absolute Gasteiger partial charge is 0.493 e. The molecule has 0 unspecified atom stereocenters. The number of hydrogen-bond donors (Lipinski definition) is 0. The highest BCUT2D eigenvalue weighted by Crippen LogP contribution is 2.39. The third kappa shape index (κ3) is 5.91. The lowest BCUT2D eigenvalue weighted by Crippen LogP contribution is -2.45. The van der Waals surface area contributed by atoms with Gasteiger partial charge in [0, 0.05) is 36.8 Å². The molecule has 0 saturated heterocycles. The number of imidazole rings is 1. The normalized spacial score (nSPS) is 14.2. The predicted molar refractivity (Wildman–Crippen MR) is 138 cm³/mol. The maximum absolute atomic E-state index is 12.2. The fourth-order valence-electron chi connectivity index (χ4n) is 3.82. The van der Waals surface area contributed by atoms with E-state index in [4.69, 9.17) is 13.9 Å². The van der Waals surface area contributed by atoms with Gasteiger partial charge in [-0.15, -0.1) is 0 Å². The van der Waals surface area contributed by atoms with E-state index in [1.54, 1.807) is 19.4 Å². The van der Waals surface area contributed by atoms with Crippen molar-refractivity contribution in [1.82, 2.24) is 14.1 Å². The second-order valence-electron chi connectivity index (χ2n) is 10.4. The molecule has 0 spiro atoms. The van der Waals surface area contributed by atoms with E-state index in [1.165, 1.54) is 5.52 Å². The minimum Gasteiger partial charge on any atom is -0.493 e. The van der Waals surface area contributed by atoms with Crippen molar-refractivity contribution in [3.8, 4) is 5.75 Å². The molecule has 34 heavy (non-hydrogen) atoms. The first-order valence-electron chi connectivity index (χ1n) is 12.0. The molecule has 0 saturated carbocycles. The van der Waals surface area contributed by atoms with Crippen LogP contribution in [0.25, 0.3) is 10.9 Å². The van der Waals surface area contributed by atoms with Crippen molar-refractivity contribution in [2.75, 3.05) is 13.2 Å². The number of fused-ring (bicyclic) bond motifs is 1. The van der Waals surface area contributed by atoms with Crippen LogP contribution in [0.4, 0.5) is 0 Å². The first-order chi connectivity index (χ1) is 15.9. The minimum absolute atomic E-state index is 0.0368. The molecule has 0 N–H and O–H groups in total. The van der Waals surface area contributed by atoms with Crippen LogP contribution >= 0.6 is 0 Å². The van der Waals surface area contributed by atoms with Crippen molar-refractivity contribution in [3.05, 3.63) is 48.7 Å². The third-order valence-corrected chi connectivity index (χ3v) is 11.4. The van der Waals surface area contributed by atoms with E-state index in [9.17, 15) is 4.79 Å². The number of rotatable bonds is 10. The molecule has 7 nitrogen and oxygen atoms in total. The summed E-state index contributed by atoms with van der Waals surface area (Å²) in [5.74, 6) is 0.429. The second-order valence-corrected chi connectivity index (χ2v) is 15.1. The molecule has 3 rings (SSSR count). The number of nitrogens with zero attached hydrogens (tertiary/aromatic N) is 3. The van der Waals surface area contributed by atoms with Gasteiger partial charge in [0.2, 0.25) is 0 Å². The smallest absolute Gasteiger partial charge is 0.358 e. The van der Waals surface area contributed by atoms with Crippen molar-refractivity contribution in [2.24, 2.45) is 7.05 Å². The molecular weight excluding hydrogens is 446 g/mol. The van der Waals surface area contributed by atoms with Crippen LogP contribution in [0, 0.1) is 0 Å². The number of benzene rings is 1. The molecule has 0 radical (unpaired) electrons. The number of carbonyl (C=O) groups excluding carboxylic acids is 1. The summed E-state index contributed by atoms with van der Waals surface area (Å²) in [6.45, 7) is 15.9. The highest BCUT2D eigenvalue weighted by Gasteiger charge is 2.40. The Morgan fingerprint density at radius 1 is 1.21 bits per heavy atom. The molecule has 0 aliphatic heterocycles. The molecular formula is C26H39N3O4Si. The van der Waals surface area contributed by atoms with Crippen LogP contribution in [-0.2, 0) is 16.2 Å². The first-order valence-corrected chi connectivity index (χ1v) is 14.9. The van der Waals surface area contributed by atoms with E-state index in [2.05, 4.69) is 68.5 Å². The highest BCUT2D eigenvalue weighted by molar-refractivity contribution is 6.74.